The topological polar surface area (TPSA) is 89.3 Å². The van der Waals surface area contributed by atoms with E-state index >= 15 is 0 Å². The molecule has 7 atom stereocenters. The number of hydrogen-bond acceptors (Lipinski definition) is 6. The fourth-order valence-corrected chi connectivity index (χ4v) is 5.60. The van der Waals surface area contributed by atoms with Gasteiger partial charge in [-0.15, -0.1) is 0 Å². The van der Waals surface area contributed by atoms with Crippen LogP contribution in [0.1, 0.15) is 30.7 Å². The van der Waals surface area contributed by atoms with Crippen molar-refractivity contribution in [2.75, 3.05) is 0 Å². The molecule has 6 unspecified atom stereocenters. The Balaban J connectivity index is 1.83. The Bertz CT molecular complexity index is 856. The summed E-state index contributed by atoms with van der Waals surface area (Å²) in [5, 5.41) is 10.7. The maximum Gasteiger partial charge on any atom is 0.336 e. The van der Waals surface area contributed by atoms with Crippen LogP contribution in [0, 0.1) is 11.3 Å². The summed E-state index contributed by atoms with van der Waals surface area (Å²) in [5.41, 5.74) is -0.385. The van der Waals surface area contributed by atoms with Crippen molar-refractivity contribution in [3.05, 3.63) is 40.0 Å². The third kappa shape index (κ3) is 1.33. The number of epoxide rings is 1. The number of rotatable bonds is 1. The second-order valence-electron chi connectivity index (χ2n) is 7.68. The van der Waals surface area contributed by atoms with Crippen LogP contribution in [0.2, 0.25) is 0 Å². The first-order valence-corrected chi connectivity index (χ1v) is 8.18. The van der Waals surface area contributed by atoms with Crippen LogP contribution in [0.3, 0.4) is 0 Å². The molecule has 4 aliphatic rings. The van der Waals surface area contributed by atoms with Gasteiger partial charge >= 0.3 is 11.6 Å². The number of carbonyl (C=O) groups is 1. The lowest BCUT2D eigenvalue weighted by atomic mass is 9.49. The van der Waals surface area contributed by atoms with E-state index in [0.29, 0.717) is 12.2 Å². The lowest BCUT2D eigenvalue weighted by Gasteiger charge is -2.50. The third-order valence-electron chi connectivity index (χ3n) is 6.67. The molecule has 1 aromatic heterocycles. The van der Waals surface area contributed by atoms with Crippen LogP contribution in [0.4, 0.5) is 0 Å². The number of carbonyl (C=O) groups excluding carboxylic acids is 1. The molecule has 0 radical (unpaired) electrons. The maximum atomic E-state index is 12.6. The van der Waals surface area contributed by atoms with Crippen molar-refractivity contribution in [2.45, 2.75) is 50.1 Å². The zero-order valence-electron chi connectivity index (χ0n) is 13.4. The van der Waals surface area contributed by atoms with E-state index in [4.69, 9.17) is 13.9 Å². The second kappa shape index (κ2) is 4.00. The monoisotopic (exact) mass is 330 g/mol. The van der Waals surface area contributed by atoms with Gasteiger partial charge in [0.25, 0.3) is 0 Å². The molecule has 3 fully saturated rings. The van der Waals surface area contributed by atoms with Crippen LogP contribution < -0.4 is 5.63 Å². The lowest BCUT2D eigenvalue weighted by molar-refractivity contribution is -0.154. The highest BCUT2D eigenvalue weighted by Gasteiger charge is 2.78. The van der Waals surface area contributed by atoms with Gasteiger partial charge in [-0.25, -0.2) is 4.79 Å². The first-order chi connectivity index (χ1) is 11.3. The first kappa shape index (κ1) is 14.4. The van der Waals surface area contributed by atoms with Crippen molar-refractivity contribution in [2.24, 2.45) is 11.3 Å². The smallest absolute Gasteiger partial charge is 0.336 e. The van der Waals surface area contributed by atoms with E-state index in [1.165, 1.54) is 12.1 Å². The third-order valence-corrected chi connectivity index (χ3v) is 6.67. The van der Waals surface area contributed by atoms with Crippen molar-refractivity contribution in [1.82, 2.24) is 0 Å². The Morgan fingerprint density at radius 1 is 1.33 bits per heavy atom. The molecule has 2 aliphatic heterocycles. The summed E-state index contributed by atoms with van der Waals surface area (Å²) in [4.78, 5) is 24.7. The molecule has 1 saturated carbocycles. The molecule has 0 amide bonds. The SMILES string of the molecule is C=Cc1oc(=O)cc2c1CC1OC(=O)[C@@]3(C)C(O)C4OC4C2(C)C13. The summed E-state index contributed by atoms with van der Waals surface area (Å²) in [6.07, 6.45) is 0.0634. The molecule has 1 aromatic rings. The normalized spacial score (nSPS) is 47.3. The van der Waals surface area contributed by atoms with E-state index < -0.39 is 34.6 Å². The van der Waals surface area contributed by atoms with Crippen molar-refractivity contribution < 1.29 is 23.8 Å². The van der Waals surface area contributed by atoms with Crippen LogP contribution >= 0.6 is 0 Å². The number of ether oxygens (including phenoxy) is 2. The van der Waals surface area contributed by atoms with Crippen molar-refractivity contribution in [3.8, 4) is 0 Å². The Morgan fingerprint density at radius 3 is 2.79 bits per heavy atom. The van der Waals surface area contributed by atoms with Gasteiger partial charge in [0.15, 0.2) is 0 Å². The van der Waals surface area contributed by atoms with E-state index in [1.54, 1.807) is 6.92 Å². The van der Waals surface area contributed by atoms with Crippen molar-refractivity contribution in [1.29, 1.82) is 0 Å². The van der Waals surface area contributed by atoms with Crippen LogP contribution in [-0.4, -0.2) is 35.5 Å². The zero-order valence-corrected chi connectivity index (χ0v) is 13.4. The number of aliphatic hydroxyl groups is 1. The highest BCUT2D eigenvalue weighted by molar-refractivity contribution is 5.82. The fraction of sp³-hybridized carbons (Fsp3) is 0.556. The Kier molecular flexibility index (Phi) is 2.41. The molecule has 0 spiro atoms. The molecule has 0 bridgehead atoms. The van der Waals surface area contributed by atoms with E-state index in [2.05, 4.69) is 6.58 Å². The molecule has 0 aromatic carbocycles. The predicted octanol–water partition coefficient (Wildman–Crippen LogP) is 0.786. The van der Waals surface area contributed by atoms with Crippen molar-refractivity contribution in [3.63, 3.8) is 0 Å². The second-order valence-corrected chi connectivity index (χ2v) is 7.68. The van der Waals surface area contributed by atoms with Gasteiger partial charge in [0.2, 0.25) is 0 Å². The summed E-state index contributed by atoms with van der Waals surface area (Å²) in [6, 6.07) is 1.50. The quantitative estimate of drug-likeness (QED) is 0.605. The predicted molar refractivity (Wildman–Crippen MR) is 82.3 cm³/mol. The Morgan fingerprint density at radius 2 is 2.08 bits per heavy atom. The van der Waals surface area contributed by atoms with Gasteiger partial charge in [-0.3, -0.25) is 4.79 Å². The minimum Gasteiger partial charge on any atom is -0.461 e. The molecule has 2 aliphatic carbocycles. The van der Waals surface area contributed by atoms with Gasteiger partial charge in [-0.1, -0.05) is 13.5 Å². The van der Waals surface area contributed by atoms with Gasteiger partial charge in [0.1, 0.15) is 23.4 Å². The van der Waals surface area contributed by atoms with Crippen LogP contribution in [0.25, 0.3) is 6.08 Å². The van der Waals surface area contributed by atoms with E-state index in [1.807, 2.05) is 6.92 Å². The van der Waals surface area contributed by atoms with Gasteiger partial charge in [0.05, 0.1) is 12.2 Å². The summed E-state index contributed by atoms with van der Waals surface area (Å²) >= 11 is 0. The van der Waals surface area contributed by atoms with Crippen LogP contribution in [-0.2, 0) is 26.1 Å². The molecule has 1 N–H and O–H groups in total. The fourth-order valence-electron chi connectivity index (χ4n) is 5.60. The molecular formula is C18H18O6. The standard InChI is InChI=1S/C18H18O6/c1-4-9-7-5-10-13-17(2,8(7)6-11(19)22-9)15-12(24-15)14(20)18(13,3)16(21)23-10/h4,6,10,12-15,20H,1,5H2,2-3H3/t10?,12?,13?,14?,15?,17?,18-/m1/s1. The number of hydrogen-bond donors (Lipinski definition) is 1. The van der Waals surface area contributed by atoms with E-state index in [9.17, 15) is 14.7 Å². The van der Waals surface area contributed by atoms with Crippen LogP contribution in [0.5, 0.6) is 0 Å². The molecule has 6 nitrogen and oxygen atoms in total. The average Bonchev–Trinajstić information content (AvgIpc) is 3.29. The summed E-state index contributed by atoms with van der Waals surface area (Å²) in [6.45, 7) is 7.49. The Labute approximate surface area is 138 Å². The summed E-state index contributed by atoms with van der Waals surface area (Å²) < 4.78 is 16.7. The molecular weight excluding hydrogens is 312 g/mol. The number of esters is 1. The van der Waals surface area contributed by atoms with E-state index in [0.717, 1.165) is 11.1 Å². The molecule has 24 heavy (non-hydrogen) atoms. The Hall–Kier alpha value is -1.92. The zero-order chi connectivity index (χ0) is 17.0. The molecule has 126 valence electrons. The largest absolute Gasteiger partial charge is 0.461 e. The first-order valence-electron chi connectivity index (χ1n) is 8.18. The maximum absolute atomic E-state index is 12.6. The number of aliphatic hydroxyl groups excluding tert-OH is 1. The minimum absolute atomic E-state index is 0.235. The molecule has 3 heterocycles. The highest BCUT2D eigenvalue weighted by atomic mass is 16.6. The summed E-state index contributed by atoms with van der Waals surface area (Å²) in [5.74, 6) is -0.217. The molecule has 5 rings (SSSR count). The van der Waals surface area contributed by atoms with Gasteiger partial charge in [-0.2, -0.15) is 0 Å². The highest BCUT2D eigenvalue weighted by Crippen LogP contribution is 2.66. The lowest BCUT2D eigenvalue weighted by Crippen LogP contribution is -2.62. The van der Waals surface area contributed by atoms with Gasteiger partial charge < -0.3 is 19.0 Å². The van der Waals surface area contributed by atoms with Crippen molar-refractivity contribution >= 4 is 12.0 Å². The molecule has 2 saturated heterocycles. The molecule has 6 heteroatoms. The number of fused-ring (bicyclic) bond motifs is 4. The van der Waals surface area contributed by atoms with Gasteiger partial charge in [-0.05, 0) is 18.6 Å². The average molecular weight is 330 g/mol. The van der Waals surface area contributed by atoms with Crippen LogP contribution in [0.15, 0.2) is 21.9 Å². The minimum atomic E-state index is -1.03. The van der Waals surface area contributed by atoms with E-state index in [-0.39, 0.29) is 18.1 Å². The summed E-state index contributed by atoms with van der Waals surface area (Å²) in [7, 11) is 0. The van der Waals surface area contributed by atoms with Gasteiger partial charge in [0, 0.05) is 29.4 Å².